The zero-order valence-corrected chi connectivity index (χ0v) is 11.0. The number of nitrogens with zero attached hydrogens (tertiary/aromatic N) is 1. The second kappa shape index (κ2) is 5.39. The summed E-state index contributed by atoms with van der Waals surface area (Å²) >= 11 is 0. The molecule has 0 aliphatic carbocycles. The first kappa shape index (κ1) is 14.2. The molecule has 2 aromatic rings. The molecule has 0 bridgehead atoms. The highest BCUT2D eigenvalue weighted by atomic mass is 32.2. The molecule has 0 spiro atoms. The highest BCUT2D eigenvalue weighted by Crippen LogP contribution is 2.19. The fourth-order valence-electron chi connectivity index (χ4n) is 1.66. The molecule has 0 aliphatic rings. The van der Waals surface area contributed by atoms with Gasteiger partial charge in [-0.15, -0.1) is 0 Å². The number of benzene rings is 2. The lowest BCUT2D eigenvalue weighted by Gasteiger charge is -2.06. The minimum Gasteiger partial charge on any atom is -0.223 e. The standard InChI is InChI=1S/C14H9F2NO2S/c15-12-3-5-13(6-4-12)20(18,19)9-11-2-1-10(8-17)7-14(11)16/h1-7H,9H2. The molecule has 0 aliphatic heterocycles. The van der Waals surface area contributed by atoms with E-state index < -0.39 is 27.2 Å². The van der Waals surface area contributed by atoms with Crippen molar-refractivity contribution in [3.63, 3.8) is 0 Å². The highest BCUT2D eigenvalue weighted by Gasteiger charge is 2.18. The topological polar surface area (TPSA) is 57.9 Å². The molecule has 0 atom stereocenters. The SMILES string of the molecule is N#Cc1ccc(CS(=O)(=O)c2ccc(F)cc2)c(F)c1. The summed E-state index contributed by atoms with van der Waals surface area (Å²) in [6.07, 6.45) is 0. The van der Waals surface area contributed by atoms with Crippen molar-refractivity contribution in [1.82, 2.24) is 0 Å². The predicted octanol–water partition coefficient (Wildman–Crippen LogP) is 2.81. The van der Waals surface area contributed by atoms with Gasteiger partial charge in [-0.3, -0.25) is 0 Å². The fraction of sp³-hybridized carbons (Fsp3) is 0.0714. The Balaban J connectivity index is 2.34. The number of hydrogen-bond donors (Lipinski definition) is 0. The number of sulfone groups is 1. The van der Waals surface area contributed by atoms with Gasteiger partial charge in [0.2, 0.25) is 0 Å². The van der Waals surface area contributed by atoms with Crippen molar-refractivity contribution in [2.45, 2.75) is 10.6 Å². The van der Waals surface area contributed by atoms with E-state index >= 15 is 0 Å². The molecule has 0 radical (unpaired) electrons. The third kappa shape index (κ3) is 3.00. The van der Waals surface area contributed by atoms with Crippen LogP contribution in [0, 0.1) is 23.0 Å². The Kier molecular flexibility index (Phi) is 3.81. The molecule has 0 heterocycles. The molecule has 0 fully saturated rings. The highest BCUT2D eigenvalue weighted by molar-refractivity contribution is 7.90. The Hall–Kier alpha value is -2.26. The molecular weight excluding hydrogens is 284 g/mol. The molecule has 0 N–H and O–H groups in total. The first-order valence-corrected chi connectivity index (χ1v) is 7.24. The Morgan fingerprint density at radius 2 is 1.70 bits per heavy atom. The van der Waals surface area contributed by atoms with Crippen molar-refractivity contribution < 1.29 is 17.2 Å². The van der Waals surface area contributed by atoms with Gasteiger partial charge >= 0.3 is 0 Å². The van der Waals surface area contributed by atoms with E-state index in [9.17, 15) is 17.2 Å². The minimum atomic E-state index is -3.76. The number of hydrogen-bond acceptors (Lipinski definition) is 3. The Labute approximate surface area is 115 Å². The van der Waals surface area contributed by atoms with Crippen LogP contribution >= 0.6 is 0 Å². The van der Waals surface area contributed by atoms with Gasteiger partial charge in [0, 0.05) is 5.56 Å². The summed E-state index contributed by atoms with van der Waals surface area (Å²) in [5, 5.41) is 8.62. The van der Waals surface area contributed by atoms with E-state index in [1.54, 1.807) is 6.07 Å². The van der Waals surface area contributed by atoms with E-state index in [4.69, 9.17) is 5.26 Å². The average Bonchev–Trinajstić information content (AvgIpc) is 2.41. The van der Waals surface area contributed by atoms with Crippen molar-refractivity contribution in [3.05, 3.63) is 65.2 Å². The predicted molar refractivity (Wildman–Crippen MR) is 68.4 cm³/mol. The zero-order valence-electron chi connectivity index (χ0n) is 10.2. The van der Waals surface area contributed by atoms with Gasteiger partial charge in [0.25, 0.3) is 0 Å². The average molecular weight is 293 g/mol. The van der Waals surface area contributed by atoms with E-state index in [0.717, 1.165) is 30.3 Å². The maximum atomic E-state index is 13.7. The lowest BCUT2D eigenvalue weighted by atomic mass is 10.1. The van der Waals surface area contributed by atoms with Crippen LogP contribution in [-0.2, 0) is 15.6 Å². The van der Waals surface area contributed by atoms with E-state index in [2.05, 4.69) is 0 Å². The maximum absolute atomic E-state index is 13.7. The molecule has 2 rings (SSSR count). The number of rotatable bonds is 3. The van der Waals surface area contributed by atoms with Crippen molar-refractivity contribution in [2.24, 2.45) is 0 Å². The van der Waals surface area contributed by atoms with Gasteiger partial charge < -0.3 is 0 Å². The van der Waals surface area contributed by atoms with Gasteiger partial charge in [-0.05, 0) is 36.4 Å². The van der Waals surface area contributed by atoms with Crippen LogP contribution < -0.4 is 0 Å². The Bertz CT molecular complexity index is 778. The lowest BCUT2D eigenvalue weighted by Crippen LogP contribution is -2.06. The fourth-order valence-corrected chi connectivity index (χ4v) is 3.02. The molecule has 0 amide bonds. The van der Waals surface area contributed by atoms with E-state index in [0.29, 0.717) is 0 Å². The summed E-state index contributed by atoms with van der Waals surface area (Å²) in [7, 11) is -3.76. The van der Waals surface area contributed by atoms with Gasteiger partial charge in [-0.2, -0.15) is 5.26 Å². The summed E-state index contributed by atoms with van der Waals surface area (Å²) in [5.74, 6) is -1.85. The Morgan fingerprint density at radius 1 is 1.05 bits per heavy atom. The largest absolute Gasteiger partial charge is 0.223 e. The van der Waals surface area contributed by atoms with Crippen molar-refractivity contribution in [1.29, 1.82) is 5.26 Å². The molecular formula is C14H9F2NO2S. The molecule has 0 aromatic heterocycles. The van der Waals surface area contributed by atoms with Crippen molar-refractivity contribution in [3.8, 4) is 6.07 Å². The van der Waals surface area contributed by atoms with Crippen molar-refractivity contribution >= 4 is 9.84 Å². The summed E-state index contributed by atoms with van der Waals surface area (Å²) < 4.78 is 50.6. The molecule has 0 saturated carbocycles. The van der Waals surface area contributed by atoms with Crippen LogP contribution in [-0.4, -0.2) is 8.42 Å². The third-order valence-electron chi connectivity index (χ3n) is 2.70. The van der Waals surface area contributed by atoms with Gasteiger partial charge in [0.15, 0.2) is 9.84 Å². The van der Waals surface area contributed by atoms with Gasteiger partial charge in [0.05, 0.1) is 22.3 Å². The van der Waals surface area contributed by atoms with Crippen LogP contribution in [0.4, 0.5) is 8.78 Å². The van der Waals surface area contributed by atoms with Gasteiger partial charge in [-0.25, -0.2) is 17.2 Å². The van der Waals surface area contributed by atoms with Gasteiger partial charge in [-0.1, -0.05) is 6.07 Å². The molecule has 20 heavy (non-hydrogen) atoms. The molecule has 6 heteroatoms. The third-order valence-corrected chi connectivity index (χ3v) is 4.38. The summed E-state index contributed by atoms with van der Waals surface area (Å²) in [5.41, 5.74) is 0.0822. The number of nitriles is 1. The molecule has 2 aromatic carbocycles. The second-order valence-corrected chi connectivity index (χ2v) is 6.12. The quantitative estimate of drug-likeness (QED) is 0.818. The minimum absolute atomic E-state index is 0.0340. The van der Waals surface area contributed by atoms with Crippen LogP contribution in [0.2, 0.25) is 0 Å². The monoisotopic (exact) mass is 293 g/mol. The van der Waals surface area contributed by atoms with E-state index in [1.807, 2.05) is 0 Å². The molecule has 0 saturated heterocycles. The smallest absolute Gasteiger partial charge is 0.182 e. The molecule has 0 unspecified atom stereocenters. The number of halogens is 2. The van der Waals surface area contributed by atoms with Crippen LogP contribution in [0.5, 0.6) is 0 Å². The van der Waals surface area contributed by atoms with E-state index in [-0.39, 0.29) is 16.0 Å². The summed E-state index contributed by atoms with van der Waals surface area (Å²) in [6, 6.07) is 9.67. The Morgan fingerprint density at radius 3 is 2.25 bits per heavy atom. The first-order valence-electron chi connectivity index (χ1n) is 5.59. The van der Waals surface area contributed by atoms with Crippen LogP contribution in [0.3, 0.4) is 0 Å². The van der Waals surface area contributed by atoms with Crippen LogP contribution in [0.25, 0.3) is 0 Å². The zero-order chi connectivity index (χ0) is 14.8. The first-order chi connectivity index (χ1) is 9.42. The maximum Gasteiger partial charge on any atom is 0.182 e. The summed E-state index contributed by atoms with van der Waals surface area (Å²) in [4.78, 5) is -0.0809. The summed E-state index contributed by atoms with van der Waals surface area (Å²) in [6.45, 7) is 0. The molecule has 102 valence electrons. The van der Waals surface area contributed by atoms with Crippen LogP contribution in [0.15, 0.2) is 47.4 Å². The second-order valence-electron chi connectivity index (χ2n) is 4.13. The van der Waals surface area contributed by atoms with Crippen molar-refractivity contribution in [2.75, 3.05) is 0 Å². The van der Waals surface area contributed by atoms with Gasteiger partial charge in [0.1, 0.15) is 11.6 Å². The molecule has 3 nitrogen and oxygen atoms in total. The normalized spacial score (nSPS) is 11.1. The lowest BCUT2D eigenvalue weighted by molar-refractivity contribution is 0.586. The van der Waals surface area contributed by atoms with Crippen LogP contribution in [0.1, 0.15) is 11.1 Å². The van der Waals surface area contributed by atoms with E-state index in [1.165, 1.54) is 12.1 Å².